The molecule has 2 amide bonds. The van der Waals surface area contributed by atoms with Crippen LogP contribution in [0.25, 0.3) is 0 Å². The molecule has 1 aliphatic rings. The van der Waals surface area contributed by atoms with Gasteiger partial charge in [-0.2, -0.15) is 0 Å². The Labute approximate surface area is 199 Å². The van der Waals surface area contributed by atoms with Crippen LogP contribution in [-0.2, 0) is 16.0 Å². The lowest BCUT2D eigenvalue weighted by atomic mass is 10.0. The number of thioether (sulfide) groups is 1. The Morgan fingerprint density at radius 2 is 1.55 bits per heavy atom. The van der Waals surface area contributed by atoms with Crippen molar-refractivity contribution in [3.05, 3.63) is 100 Å². The van der Waals surface area contributed by atoms with Crippen LogP contribution >= 0.6 is 11.8 Å². The zero-order valence-corrected chi connectivity index (χ0v) is 20.2. The molecule has 0 radical (unpaired) electrons. The van der Waals surface area contributed by atoms with Crippen molar-refractivity contribution >= 4 is 35.0 Å². The zero-order valence-electron chi connectivity index (χ0n) is 19.4. The fraction of sp³-hybridized carbons (Fsp3) is 0.214. The number of nitrogens with zero attached hydrogens (tertiary/aromatic N) is 1. The number of aryl methyl sites for hydroxylation is 2. The first-order chi connectivity index (χ1) is 15.9. The van der Waals surface area contributed by atoms with E-state index in [9.17, 15) is 9.59 Å². The van der Waals surface area contributed by atoms with E-state index < -0.39 is 0 Å². The first-order valence-electron chi connectivity index (χ1n) is 11.2. The monoisotopic (exact) mass is 456 g/mol. The summed E-state index contributed by atoms with van der Waals surface area (Å²) in [6.07, 6.45) is 0.819. The van der Waals surface area contributed by atoms with Crippen LogP contribution < -0.4 is 10.2 Å². The zero-order chi connectivity index (χ0) is 23.5. The number of anilines is 2. The van der Waals surface area contributed by atoms with Gasteiger partial charge in [0, 0.05) is 10.6 Å². The van der Waals surface area contributed by atoms with Gasteiger partial charge in [0.15, 0.2) is 0 Å². The van der Waals surface area contributed by atoms with Crippen LogP contribution in [0.5, 0.6) is 0 Å². The number of hydrogen-bond donors (Lipinski definition) is 1. The second kappa shape index (κ2) is 9.67. The van der Waals surface area contributed by atoms with Gasteiger partial charge in [-0.1, -0.05) is 80.6 Å². The quantitative estimate of drug-likeness (QED) is 0.403. The van der Waals surface area contributed by atoms with Gasteiger partial charge in [-0.05, 0) is 60.7 Å². The van der Waals surface area contributed by atoms with E-state index in [1.54, 1.807) is 0 Å². The van der Waals surface area contributed by atoms with Crippen molar-refractivity contribution in [3.8, 4) is 0 Å². The lowest BCUT2D eigenvalue weighted by Gasteiger charge is -2.17. The van der Waals surface area contributed by atoms with E-state index in [0.29, 0.717) is 22.2 Å². The first-order valence-corrected chi connectivity index (χ1v) is 12.0. The van der Waals surface area contributed by atoms with Gasteiger partial charge in [0.1, 0.15) is 10.6 Å². The topological polar surface area (TPSA) is 49.4 Å². The van der Waals surface area contributed by atoms with Gasteiger partial charge in [0.2, 0.25) is 0 Å². The van der Waals surface area contributed by atoms with Crippen molar-refractivity contribution in [1.82, 2.24) is 0 Å². The fourth-order valence-corrected chi connectivity index (χ4v) is 4.69. The highest BCUT2D eigenvalue weighted by Gasteiger charge is 2.40. The number of carbonyl (C=O) groups excluding carboxylic acids is 2. The molecule has 1 aliphatic heterocycles. The number of carbonyl (C=O) groups is 2. The highest BCUT2D eigenvalue weighted by molar-refractivity contribution is 8.04. The molecule has 1 N–H and O–H groups in total. The molecule has 0 fully saturated rings. The van der Waals surface area contributed by atoms with Crippen LogP contribution in [0.1, 0.15) is 43.4 Å². The summed E-state index contributed by atoms with van der Waals surface area (Å²) in [6.45, 7) is 8.33. The Morgan fingerprint density at radius 3 is 2.18 bits per heavy atom. The second-order valence-electron chi connectivity index (χ2n) is 8.45. The van der Waals surface area contributed by atoms with Gasteiger partial charge in [-0.15, -0.1) is 0 Å². The molecule has 0 aliphatic carbocycles. The minimum absolute atomic E-state index is 0.306. The Balaban J connectivity index is 1.74. The maximum Gasteiger partial charge on any atom is 0.283 e. The van der Waals surface area contributed by atoms with Crippen LogP contribution in [0.2, 0.25) is 0 Å². The highest BCUT2D eigenvalue weighted by Crippen LogP contribution is 2.38. The van der Waals surface area contributed by atoms with Gasteiger partial charge in [-0.3, -0.25) is 9.59 Å². The average Bonchev–Trinajstić information content (AvgIpc) is 3.04. The molecule has 0 spiro atoms. The van der Waals surface area contributed by atoms with E-state index in [1.165, 1.54) is 16.7 Å². The number of para-hydroxylation sites is 1. The Morgan fingerprint density at radius 1 is 0.879 bits per heavy atom. The summed E-state index contributed by atoms with van der Waals surface area (Å²) in [6, 6.07) is 23.5. The van der Waals surface area contributed by atoms with Crippen LogP contribution in [-0.4, -0.2) is 11.8 Å². The molecule has 0 saturated heterocycles. The molecular weight excluding hydrogens is 428 g/mol. The van der Waals surface area contributed by atoms with Crippen LogP contribution in [0.15, 0.2) is 88.3 Å². The van der Waals surface area contributed by atoms with Gasteiger partial charge in [0.05, 0.1) is 5.69 Å². The normalized spacial score (nSPS) is 13.9. The molecule has 5 heteroatoms. The number of nitrogens with one attached hydrogen (secondary N) is 1. The molecule has 3 aromatic carbocycles. The van der Waals surface area contributed by atoms with Gasteiger partial charge in [0.25, 0.3) is 11.8 Å². The van der Waals surface area contributed by atoms with Crippen molar-refractivity contribution < 1.29 is 9.59 Å². The highest BCUT2D eigenvalue weighted by atomic mass is 32.2. The molecule has 33 heavy (non-hydrogen) atoms. The lowest BCUT2D eigenvalue weighted by Crippen LogP contribution is -2.32. The van der Waals surface area contributed by atoms with Crippen molar-refractivity contribution in [3.63, 3.8) is 0 Å². The largest absolute Gasteiger partial charge is 0.350 e. The lowest BCUT2D eigenvalue weighted by molar-refractivity contribution is -0.120. The summed E-state index contributed by atoms with van der Waals surface area (Å²) < 4.78 is 0. The third-order valence-corrected chi connectivity index (χ3v) is 6.85. The Hall–Kier alpha value is -3.31. The summed E-state index contributed by atoms with van der Waals surface area (Å²) in [4.78, 5) is 29.7. The summed E-state index contributed by atoms with van der Waals surface area (Å²) in [5, 5.41) is 3.30. The van der Waals surface area contributed by atoms with E-state index in [4.69, 9.17) is 0 Å². The maximum atomic E-state index is 13.6. The van der Waals surface area contributed by atoms with E-state index in [1.807, 2.05) is 79.7 Å². The third kappa shape index (κ3) is 4.74. The second-order valence-corrected chi connectivity index (χ2v) is 9.53. The molecule has 4 rings (SSSR count). The molecule has 0 bridgehead atoms. The molecule has 0 atom stereocenters. The maximum absolute atomic E-state index is 13.6. The molecule has 0 unspecified atom stereocenters. The molecule has 0 aromatic heterocycles. The number of imide groups is 1. The Kier molecular flexibility index (Phi) is 6.70. The van der Waals surface area contributed by atoms with E-state index >= 15 is 0 Å². The average molecular weight is 457 g/mol. The minimum Gasteiger partial charge on any atom is -0.350 e. The number of benzene rings is 3. The number of amides is 2. The molecule has 3 aromatic rings. The number of rotatable bonds is 7. The van der Waals surface area contributed by atoms with Gasteiger partial charge >= 0.3 is 0 Å². The number of hydrogen-bond acceptors (Lipinski definition) is 4. The SMILES string of the molecule is CCc1ccccc1NC1=C(Sc2ccc(C)cc2)C(=O)N(c2ccc(C(C)C)cc2)C1=O. The predicted molar refractivity (Wildman–Crippen MR) is 137 cm³/mol. The van der Waals surface area contributed by atoms with Crippen LogP contribution in [0.3, 0.4) is 0 Å². The third-order valence-electron chi connectivity index (χ3n) is 5.76. The first kappa shape index (κ1) is 22.9. The molecule has 0 saturated carbocycles. The summed E-state index contributed by atoms with van der Waals surface area (Å²) >= 11 is 1.32. The van der Waals surface area contributed by atoms with Crippen molar-refractivity contribution in [2.75, 3.05) is 10.2 Å². The van der Waals surface area contributed by atoms with E-state index in [2.05, 4.69) is 26.1 Å². The summed E-state index contributed by atoms with van der Waals surface area (Å²) in [7, 11) is 0. The van der Waals surface area contributed by atoms with Crippen molar-refractivity contribution in [2.45, 2.75) is 44.9 Å². The van der Waals surface area contributed by atoms with E-state index in [0.717, 1.165) is 33.7 Å². The Bertz CT molecular complexity index is 1210. The molecule has 4 nitrogen and oxygen atoms in total. The summed E-state index contributed by atoms with van der Waals surface area (Å²) in [5.74, 6) is -0.269. The van der Waals surface area contributed by atoms with Gasteiger partial charge < -0.3 is 5.32 Å². The standard InChI is InChI=1S/C28H28N2O2S/c1-5-20-8-6-7-9-24(20)29-25-26(33-23-16-10-19(4)11-17-23)28(32)30(27(25)31)22-14-12-21(13-15-22)18(2)3/h6-18,29H,5H2,1-4H3. The predicted octanol–water partition coefficient (Wildman–Crippen LogP) is 6.67. The van der Waals surface area contributed by atoms with E-state index in [-0.39, 0.29) is 11.8 Å². The van der Waals surface area contributed by atoms with Crippen LogP contribution in [0, 0.1) is 6.92 Å². The molecular formula is C28H28N2O2S. The smallest absolute Gasteiger partial charge is 0.283 e. The van der Waals surface area contributed by atoms with Gasteiger partial charge in [-0.25, -0.2) is 4.90 Å². The fourth-order valence-electron chi connectivity index (χ4n) is 3.77. The van der Waals surface area contributed by atoms with Crippen molar-refractivity contribution in [1.29, 1.82) is 0 Å². The molecule has 168 valence electrons. The minimum atomic E-state index is -0.335. The molecule has 1 heterocycles. The summed E-state index contributed by atoms with van der Waals surface area (Å²) in [5.41, 5.74) is 5.13. The van der Waals surface area contributed by atoms with Crippen molar-refractivity contribution in [2.24, 2.45) is 0 Å². The van der Waals surface area contributed by atoms with Crippen LogP contribution in [0.4, 0.5) is 11.4 Å².